The zero-order valence-corrected chi connectivity index (χ0v) is 14.9. The van der Waals surface area contributed by atoms with Crippen LogP contribution in [0.1, 0.15) is 25.3 Å². The van der Waals surface area contributed by atoms with Gasteiger partial charge in [0, 0.05) is 35.5 Å². The number of aromatic nitrogens is 3. The number of fused-ring (bicyclic) bond motifs is 1. The summed E-state index contributed by atoms with van der Waals surface area (Å²) < 4.78 is 0. The molecule has 6 heteroatoms. The van der Waals surface area contributed by atoms with Crippen LogP contribution in [-0.2, 0) is 4.79 Å². The highest BCUT2D eigenvalue weighted by molar-refractivity contribution is 5.98. The topological polar surface area (TPSA) is 93.8 Å². The highest BCUT2D eigenvalue weighted by Crippen LogP contribution is 2.41. The van der Waals surface area contributed by atoms with Crippen molar-refractivity contribution < 1.29 is 4.79 Å². The fourth-order valence-corrected chi connectivity index (χ4v) is 3.35. The summed E-state index contributed by atoms with van der Waals surface area (Å²) in [6, 6.07) is 5.75. The minimum atomic E-state index is 0.0501. The second-order valence-electron chi connectivity index (χ2n) is 6.87. The first-order chi connectivity index (χ1) is 12.6. The van der Waals surface area contributed by atoms with Gasteiger partial charge in [-0.3, -0.25) is 9.78 Å². The Balaban J connectivity index is 1.68. The van der Waals surface area contributed by atoms with Gasteiger partial charge in [0.15, 0.2) is 0 Å². The highest BCUT2D eigenvalue weighted by Gasteiger charge is 2.41. The fourth-order valence-electron chi connectivity index (χ4n) is 3.35. The van der Waals surface area contributed by atoms with Crippen LogP contribution in [0.4, 0.5) is 11.6 Å². The molecule has 26 heavy (non-hydrogen) atoms. The smallest absolute Gasteiger partial charge is 0.228 e. The Bertz CT molecular complexity index is 1000. The number of carbonyl (C=O) groups is 1. The van der Waals surface area contributed by atoms with Gasteiger partial charge in [-0.05, 0) is 48.4 Å². The first kappa shape index (κ1) is 16.4. The zero-order chi connectivity index (χ0) is 18.3. The van der Waals surface area contributed by atoms with E-state index in [-0.39, 0.29) is 11.8 Å². The van der Waals surface area contributed by atoms with Crippen LogP contribution >= 0.6 is 0 Å². The van der Waals surface area contributed by atoms with Crippen molar-refractivity contribution in [1.29, 1.82) is 0 Å². The van der Waals surface area contributed by atoms with E-state index in [0.29, 0.717) is 17.6 Å². The van der Waals surface area contributed by atoms with Crippen LogP contribution in [0, 0.1) is 18.8 Å². The van der Waals surface area contributed by atoms with E-state index < -0.39 is 0 Å². The fraction of sp³-hybridized carbons (Fsp3) is 0.300. The maximum atomic E-state index is 12.3. The van der Waals surface area contributed by atoms with Crippen molar-refractivity contribution in [2.75, 3.05) is 11.1 Å². The Morgan fingerprint density at radius 1 is 1.35 bits per heavy atom. The van der Waals surface area contributed by atoms with Crippen molar-refractivity contribution in [3.63, 3.8) is 0 Å². The largest absolute Gasteiger partial charge is 0.383 e. The van der Waals surface area contributed by atoms with Gasteiger partial charge >= 0.3 is 0 Å². The summed E-state index contributed by atoms with van der Waals surface area (Å²) in [7, 11) is 0. The summed E-state index contributed by atoms with van der Waals surface area (Å²) in [5.41, 5.74) is 8.91. The van der Waals surface area contributed by atoms with Gasteiger partial charge in [0.25, 0.3) is 0 Å². The molecule has 0 bridgehead atoms. The van der Waals surface area contributed by atoms with E-state index in [0.717, 1.165) is 40.4 Å². The molecule has 1 amide bonds. The summed E-state index contributed by atoms with van der Waals surface area (Å²) in [6.45, 7) is 4.13. The Kier molecular flexibility index (Phi) is 4.03. The number of nitrogen functional groups attached to an aromatic ring is 1. The quantitative estimate of drug-likeness (QED) is 0.752. The molecule has 1 fully saturated rings. The lowest BCUT2D eigenvalue weighted by Gasteiger charge is -2.10. The van der Waals surface area contributed by atoms with Gasteiger partial charge in [-0.25, -0.2) is 9.97 Å². The lowest BCUT2D eigenvalue weighted by molar-refractivity contribution is -0.117. The van der Waals surface area contributed by atoms with E-state index in [1.165, 1.54) is 0 Å². The lowest BCUT2D eigenvalue weighted by Crippen LogP contribution is -2.15. The molecule has 6 nitrogen and oxygen atoms in total. The molecular weight excluding hydrogens is 326 g/mol. The van der Waals surface area contributed by atoms with Crippen molar-refractivity contribution in [2.24, 2.45) is 11.8 Å². The Hall–Kier alpha value is -3.02. The average Bonchev–Trinajstić information content (AvgIpc) is 3.42. The predicted octanol–water partition coefficient (Wildman–Crippen LogP) is 3.57. The number of nitrogens with one attached hydrogen (secondary N) is 1. The van der Waals surface area contributed by atoms with Crippen LogP contribution in [-0.4, -0.2) is 20.9 Å². The first-order valence-electron chi connectivity index (χ1n) is 8.85. The summed E-state index contributed by atoms with van der Waals surface area (Å²) in [6.07, 6.45) is 7.21. The minimum absolute atomic E-state index is 0.0501. The van der Waals surface area contributed by atoms with Gasteiger partial charge in [0.2, 0.25) is 5.91 Å². The monoisotopic (exact) mass is 347 g/mol. The Labute approximate surface area is 151 Å². The molecule has 3 aromatic rings. The number of aryl methyl sites for hydroxylation is 1. The molecule has 2 unspecified atom stereocenters. The van der Waals surface area contributed by atoms with Gasteiger partial charge in [-0.2, -0.15) is 0 Å². The number of anilines is 2. The number of hydrogen-bond acceptors (Lipinski definition) is 5. The van der Waals surface area contributed by atoms with Crippen LogP contribution < -0.4 is 11.1 Å². The summed E-state index contributed by atoms with van der Waals surface area (Å²) >= 11 is 0. The van der Waals surface area contributed by atoms with Crippen molar-refractivity contribution in [3.05, 3.63) is 42.4 Å². The van der Waals surface area contributed by atoms with E-state index in [1.54, 1.807) is 18.6 Å². The van der Waals surface area contributed by atoms with Crippen LogP contribution in [0.15, 0.2) is 36.8 Å². The molecule has 3 heterocycles. The molecule has 0 radical (unpaired) electrons. The van der Waals surface area contributed by atoms with Crippen LogP contribution in [0.5, 0.6) is 0 Å². The summed E-state index contributed by atoms with van der Waals surface area (Å²) in [5, 5.41) is 4.59. The zero-order valence-electron chi connectivity index (χ0n) is 14.9. The molecule has 1 saturated carbocycles. The molecule has 132 valence electrons. The molecule has 0 spiro atoms. The van der Waals surface area contributed by atoms with Crippen LogP contribution in [0.3, 0.4) is 0 Å². The molecular formula is C20H21N5O. The van der Waals surface area contributed by atoms with E-state index in [4.69, 9.17) is 5.73 Å². The van der Waals surface area contributed by atoms with Gasteiger partial charge < -0.3 is 11.1 Å². The van der Waals surface area contributed by atoms with Crippen molar-refractivity contribution >= 4 is 28.3 Å². The predicted molar refractivity (Wildman–Crippen MR) is 102 cm³/mol. The molecule has 4 rings (SSSR count). The minimum Gasteiger partial charge on any atom is -0.383 e. The Morgan fingerprint density at radius 3 is 2.92 bits per heavy atom. The molecule has 3 N–H and O–H groups in total. The first-order valence-corrected chi connectivity index (χ1v) is 8.85. The van der Waals surface area contributed by atoms with Gasteiger partial charge in [0.1, 0.15) is 11.6 Å². The number of amides is 1. The van der Waals surface area contributed by atoms with Gasteiger partial charge in [-0.15, -0.1) is 0 Å². The Morgan fingerprint density at radius 2 is 2.19 bits per heavy atom. The van der Waals surface area contributed by atoms with E-state index in [2.05, 4.69) is 27.2 Å². The highest BCUT2D eigenvalue weighted by atomic mass is 16.2. The van der Waals surface area contributed by atoms with Crippen molar-refractivity contribution in [3.8, 4) is 11.3 Å². The summed E-state index contributed by atoms with van der Waals surface area (Å²) in [4.78, 5) is 25.3. The van der Waals surface area contributed by atoms with Gasteiger partial charge in [-0.1, -0.05) is 13.3 Å². The standard InChI is InChI=1S/C20H21N5O/c1-3-12-6-14(12)20(26)25-18-8-13-7-17(15-9-22-5-4-11(15)2)24-19(21)16(13)10-23-18/h4-5,7-10,12,14H,3,6H2,1-2H3,(H2,21,24)(H,23,25,26). The molecule has 3 aromatic heterocycles. The third kappa shape index (κ3) is 2.98. The number of pyridine rings is 3. The molecule has 2 atom stereocenters. The van der Waals surface area contributed by atoms with Crippen molar-refractivity contribution in [2.45, 2.75) is 26.7 Å². The second-order valence-corrected chi connectivity index (χ2v) is 6.87. The van der Waals surface area contributed by atoms with E-state index in [1.807, 2.05) is 25.1 Å². The third-order valence-electron chi connectivity index (χ3n) is 5.10. The SMILES string of the molecule is CCC1CC1C(=O)Nc1cc2cc(-c3cnccc3C)nc(N)c2cn1. The van der Waals surface area contributed by atoms with Gasteiger partial charge in [0.05, 0.1) is 5.69 Å². The second kappa shape index (κ2) is 6.37. The molecule has 0 aliphatic heterocycles. The van der Waals surface area contributed by atoms with Crippen LogP contribution in [0.25, 0.3) is 22.0 Å². The third-order valence-corrected chi connectivity index (χ3v) is 5.10. The van der Waals surface area contributed by atoms with Crippen LogP contribution in [0.2, 0.25) is 0 Å². The average molecular weight is 347 g/mol. The normalized spacial score (nSPS) is 18.7. The van der Waals surface area contributed by atoms with E-state index >= 15 is 0 Å². The van der Waals surface area contributed by atoms with E-state index in [9.17, 15) is 4.79 Å². The number of hydrogen-bond donors (Lipinski definition) is 2. The lowest BCUT2D eigenvalue weighted by atomic mass is 10.1. The number of nitrogens with zero attached hydrogens (tertiary/aromatic N) is 3. The summed E-state index contributed by atoms with van der Waals surface area (Å²) in [5.74, 6) is 1.64. The molecule has 0 aromatic carbocycles. The maximum absolute atomic E-state index is 12.3. The number of rotatable bonds is 4. The number of nitrogens with two attached hydrogens (primary N) is 1. The maximum Gasteiger partial charge on any atom is 0.228 e. The molecule has 1 aliphatic rings. The molecule has 0 saturated heterocycles. The number of carbonyl (C=O) groups excluding carboxylic acids is 1. The van der Waals surface area contributed by atoms with Crippen molar-refractivity contribution in [1.82, 2.24) is 15.0 Å². The molecule has 1 aliphatic carbocycles.